The van der Waals surface area contributed by atoms with E-state index in [4.69, 9.17) is 23.2 Å². The molecule has 2 atom stereocenters. The van der Waals surface area contributed by atoms with Gasteiger partial charge in [-0.3, -0.25) is 4.90 Å². The Morgan fingerprint density at radius 3 is 3.00 bits per heavy atom. The molecule has 0 saturated carbocycles. The molecule has 2 saturated heterocycles. The standard InChI is InChI=1S/C15H20Cl2N2/c16-12-5-3-4-11(15(12)17)10-19-9-7-13-14(19)6-1-2-8-18-13/h3-5,13-14,18H,1-2,6-10H2/t13-,14-/m1/s1. The second-order valence-corrected chi connectivity index (χ2v) is 6.38. The molecule has 2 aliphatic heterocycles. The van der Waals surface area contributed by atoms with Gasteiger partial charge in [-0.05, 0) is 37.4 Å². The van der Waals surface area contributed by atoms with Crippen LogP contribution < -0.4 is 5.32 Å². The van der Waals surface area contributed by atoms with Crippen LogP contribution in [-0.4, -0.2) is 30.1 Å². The molecular weight excluding hydrogens is 279 g/mol. The highest BCUT2D eigenvalue weighted by molar-refractivity contribution is 6.42. The van der Waals surface area contributed by atoms with E-state index < -0.39 is 0 Å². The SMILES string of the molecule is Clc1cccc(CN2CC[C@H]3NCCCC[C@H]32)c1Cl. The number of hydrogen-bond donors (Lipinski definition) is 1. The molecule has 0 amide bonds. The lowest BCUT2D eigenvalue weighted by Crippen LogP contribution is -2.40. The monoisotopic (exact) mass is 298 g/mol. The van der Waals surface area contributed by atoms with Crippen molar-refractivity contribution in [3.63, 3.8) is 0 Å². The molecule has 0 unspecified atom stereocenters. The van der Waals surface area contributed by atoms with Gasteiger partial charge in [0.2, 0.25) is 0 Å². The average Bonchev–Trinajstić information content (AvgIpc) is 2.63. The minimum Gasteiger partial charge on any atom is -0.312 e. The molecule has 19 heavy (non-hydrogen) atoms. The number of benzene rings is 1. The molecule has 2 fully saturated rings. The predicted molar refractivity (Wildman–Crippen MR) is 80.9 cm³/mol. The summed E-state index contributed by atoms with van der Waals surface area (Å²) in [5, 5.41) is 5.06. The van der Waals surface area contributed by atoms with Gasteiger partial charge in [-0.25, -0.2) is 0 Å². The Bertz CT molecular complexity index is 450. The fourth-order valence-corrected chi connectivity index (χ4v) is 3.77. The van der Waals surface area contributed by atoms with Crippen molar-refractivity contribution in [2.75, 3.05) is 13.1 Å². The minimum absolute atomic E-state index is 0.661. The van der Waals surface area contributed by atoms with Crippen molar-refractivity contribution in [3.05, 3.63) is 33.8 Å². The first-order chi connectivity index (χ1) is 9.25. The minimum atomic E-state index is 0.661. The molecule has 0 aliphatic carbocycles. The Morgan fingerprint density at radius 1 is 1.21 bits per heavy atom. The average molecular weight is 299 g/mol. The first-order valence-corrected chi connectivity index (χ1v) is 7.91. The Kier molecular flexibility index (Phi) is 4.33. The molecule has 0 radical (unpaired) electrons. The molecule has 1 aromatic carbocycles. The molecule has 1 aromatic rings. The number of likely N-dealkylation sites (tertiary alicyclic amines) is 1. The van der Waals surface area contributed by atoms with Crippen molar-refractivity contribution >= 4 is 23.2 Å². The van der Waals surface area contributed by atoms with Gasteiger partial charge in [0.05, 0.1) is 10.0 Å². The molecule has 2 aliphatic rings. The van der Waals surface area contributed by atoms with Crippen molar-refractivity contribution in [3.8, 4) is 0 Å². The molecule has 3 rings (SSSR count). The summed E-state index contributed by atoms with van der Waals surface area (Å²) in [6.07, 6.45) is 5.19. The number of hydrogen-bond acceptors (Lipinski definition) is 2. The third-order valence-corrected chi connectivity index (χ3v) is 5.26. The van der Waals surface area contributed by atoms with E-state index in [2.05, 4.69) is 16.3 Å². The smallest absolute Gasteiger partial charge is 0.0637 e. The van der Waals surface area contributed by atoms with Gasteiger partial charge in [-0.2, -0.15) is 0 Å². The van der Waals surface area contributed by atoms with E-state index in [0.717, 1.165) is 18.7 Å². The topological polar surface area (TPSA) is 15.3 Å². The van der Waals surface area contributed by atoms with Gasteiger partial charge in [-0.15, -0.1) is 0 Å². The zero-order valence-corrected chi connectivity index (χ0v) is 12.6. The number of fused-ring (bicyclic) bond motifs is 1. The Hall–Kier alpha value is -0.280. The lowest BCUT2D eigenvalue weighted by atomic mass is 10.0. The number of nitrogens with zero attached hydrogens (tertiary/aromatic N) is 1. The lowest BCUT2D eigenvalue weighted by molar-refractivity contribution is 0.221. The van der Waals surface area contributed by atoms with E-state index in [1.807, 2.05) is 12.1 Å². The second kappa shape index (κ2) is 6.01. The maximum absolute atomic E-state index is 6.30. The van der Waals surface area contributed by atoms with Gasteiger partial charge < -0.3 is 5.32 Å². The molecule has 4 heteroatoms. The third-order valence-electron chi connectivity index (χ3n) is 4.40. The summed E-state index contributed by atoms with van der Waals surface area (Å²) < 4.78 is 0. The summed E-state index contributed by atoms with van der Waals surface area (Å²) in [6, 6.07) is 7.26. The zero-order chi connectivity index (χ0) is 13.2. The Labute approximate surface area is 125 Å². The van der Waals surface area contributed by atoms with E-state index >= 15 is 0 Å². The van der Waals surface area contributed by atoms with Crippen LogP contribution in [0.3, 0.4) is 0 Å². The van der Waals surface area contributed by atoms with E-state index in [9.17, 15) is 0 Å². The van der Waals surface area contributed by atoms with Gasteiger partial charge in [-0.1, -0.05) is 41.8 Å². The van der Waals surface area contributed by atoms with Crippen LogP contribution in [0.15, 0.2) is 18.2 Å². The maximum atomic E-state index is 6.30. The Morgan fingerprint density at radius 2 is 2.11 bits per heavy atom. The van der Waals surface area contributed by atoms with Crippen LogP contribution in [0.4, 0.5) is 0 Å². The number of nitrogens with one attached hydrogen (secondary N) is 1. The van der Waals surface area contributed by atoms with E-state index in [1.165, 1.54) is 32.2 Å². The van der Waals surface area contributed by atoms with Gasteiger partial charge >= 0.3 is 0 Å². The summed E-state index contributed by atoms with van der Waals surface area (Å²) >= 11 is 12.4. The van der Waals surface area contributed by atoms with Crippen molar-refractivity contribution in [2.24, 2.45) is 0 Å². The fraction of sp³-hybridized carbons (Fsp3) is 0.600. The van der Waals surface area contributed by atoms with Gasteiger partial charge in [0.1, 0.15) is 0 Å². The maximum Gasteiger partial charge on any atom is 0.0637 e. The van der Waals surface area contributed by atoms with Crippen LogP contribution in [-0.2, 0) is 6.54 Å². The molecule has 0 spiro atoms. The largest absolute Gasteiger partial charge is 0.312 e. The highest BCUT2D eigenvalue weighted by atomic mass is 35.5. The van der Waals surface area contributed by atoms with Crippen molar-refractivity contribution in [1.29, 1.82) is 0 Å². The van der Waals surface area contributed by atoms with Gasteiger partial charge in [0.25, 0.3) is 0 Å². The first-order valence-electron chi connectivity index (χ1n) is 7.16. The third kappa shape index (κ3) is 2.92. The fourth-order valence-electron chi connectivity index (χ4n) is 3.39. The summed E-state index contributed by atoms with van der Waals surface area (Å²) in [5.74, 6) is 0. The Balaban J connectivity index is 1.74. The molecule has 2 nitrogen and oxygen atoms in total. The molecular formula is C15H20Cl2N2. The summed E-state index contributed by atoms with van der Waals surface area (Å²) in [5.41, 5.74) is 1.15. The highest BCUT2D eigenvalue weighted by Crippen LogP contribution is 2.31. The van der Waals surface area contributed by atoms with Crippen LogP contribution in [0.5, 0.6) is 0 Å². The van der Waals surface area contributed by atoms with Crippen LogP contribution in [0, 0.1) is 0 Å². The highest BCUT2D eigenvalue weighted by Gasteiger charge is 2.34. The summed E-state index contributed by atoms with van der Waals surface area (Å²) in [7, 11) is 0. The normalized spacial score (nSPS) is 28.1. The molecule has 0 aromatic heterocycles. The molecule has 0 bridgehead atoms. The molecule has 104 valence electrons. The van der Waals surface area contributed by atoms with Crippen molar-refractivity contribution in [1.82, 2.24) is 10.2 Å². The number of halogens is 2. The summed E-state index contributed by atoms with van der Waals surface area (Å²) in [6.45, 7) is 3.25. The molecule has 2 heterocycles. The lowest BCUT2D eigenvalue weighted by Gasteiger charge is -2.27. The van der Waals surface area contributed by atoms with Crippen LogP contribution in [0.2, 0.25) is 10.0 Å². The van der Waals surface area contributed by atoms with E-state index in [0.29, 0.717) is 22.1 Å². The quantitative estimate of drug-likeness (QED) is 0.895. The van der Waals surface area contributed by atoms with Crippen molar-refractivity contribution < 1.29 is 0 Å². The second-order valence-electron chi connectivity index (χ2n) is 5.60. The van der Waals surface area contributed by atoms with Crippen LogP contribution in [0.1, 0.15) is 31.2 Å². The van der Waals surface area contributed by atoms with Crippen LogP contribution in [0.25, 0.3) is 0 Å². The van der Waals surface area contributed by atoms with E-state index in [-0.39, 0.29) is 0 Å². The van der Waals surface area contributed by atoms with Crippen molar-refractivity contribution in [2.45, 2.75) is 44.3 Å². The van der Waals surface area contributed by atoms with E-state index in [1.54, 1.807) is 0 Å². The van der Waals surface area contributed by atoms with Gasteiger partial charge in [0, 0.05) is 25.2 Å². The first kappa shape index (κ1) is 13.7. The summed E-state index contributed by atoms with van der Waals surface area (Å²) in [4.78, 5) is 2.57. The number of rotatable bonds is 2. The predicted octanol–water partition coefficient (Wildman–Crippen LogP) is 3.71. The molecule has 1 N–H and O–H groups in total. The van der Waals surface area contributed by atoms with Gasteiger partial charge in [0.15, 0.2) is 0 Å². The zero-order valence-electron chi connectivity index (χ0n) is 11.0. The van der Waals surface area contributed by atoms with Crippen LogP contribution >= 0.6 is 23.2 Å².